The lowest BCUT2D eigenvalue weighted by molar-refractivity contribution is -0.129. The van der Waals surface area contributed by atoms with Crippen molar-refractivity contribution in [2.75, 3.05) is 0 Å². The Balaban J connectivity index is 2.36. The maximum Gasteiger partial charge on any atom is 0.221 e. The van der Waals surface area contributed by atoms with E-state index in [-0.39, 0.29) is 29.5 Å². The van der Waals surface area contributed by atoms with Crippen LogP contribution >= 0.6 is 0 Å². The lowest BCUT2D eigenvalue weighted by Gasteiger charge is -2.49. The van der Waals surface area contributed by atoms with Gasteiger partial charge in [-0.3, -0.25) is 4.79 Å². The molecule has 4 nitrogen and oxygen atoms in total. The molecule has 0 saturated heterocycles. The highest BCUT2D eigenvalue weighted by Crippen LogP contribution is 2.40. The highest BCUT2D eigenvalue weighted by atomic mass is 16.3. The van der Waals surface area contributed by atoms with Crippen LogP contribution in [0.4, 0.5) is 0 Å². The molecule has 94 valence electrons. The van der Waals surface area contributed by atoms with Gasteiger partial charge in [-0.25, -0.2) is 0 Å². The summed E-state index contributed by atoms with van der Waals surface area (Å²) in [4.78, 5) is 11.7. The second-order valence-electron chi connectivity index (χ2n) is 5.80. The van der Waals surface area contributed by atoms with Crippen LogP contribution in [-0.2, 0) is 4.79 Å². The number of hydrogen-bond donors (Lipinski definition) is 3. The van der Waals surface area contributed by atoms with Crippen LogP contribution in [0.1, 0.15) is 40.5 Å². The van der Waals surface area contributed by atoms with Crippen LogP contribution in [0.3, 0.4) is 0 Å². The monoisotopic (exact) mass is 228 g/mol. The van der Waals surface area contributed by atoms with Gasteiger partial charge in [-0.15, -0.1) is 0 Å². The molecule has 3 atom stereocenters. The molecule has 0 aromatic carbocycles. The van der Waals surface area contributed by atoms with Crippen molar-refractivity contribution in [1.82, 2.24) is 5.32 Å². The SMILES string of the molecule is CC(C)C(N)CC(=O)NC1CC(O)C1(C)C. The third-order valence-electron chi connectivity index (χ3n) is 3.83. The molecule has 16 heavy (non-hydrogen) atoms. The average molecular weight is 228 g/mol. The van der Waals surface area contributed by atoms with Gasteiger partial charge in [0, 0.05) is 23.9 Å². The molecule has 0 aromatic heterocycles. The van der Waals surface area contributed by atoms with E-state index < -0.39 is 0 Å². The van der Waals surface area contributed by atoms with Crippen LogP contribution in [0, 0.1) is 11.3 Å². The van der Waals surface area contributed by atoms with Crippen LogP contribution < -0.4 is 11.1 Å². The molecule has 1 rings (SSSR count). The Bertz CT molecular complexity index is 264. The van der Waals surface area contributed by atoms with E-state index in [9.17, 15) is 9.90 Å². The Morgan fingerprint density at radius 2 is 2.12 bits per heavy atom. The van der Waals surface area contributed by atoms with E-state index in [2.05, 4.69) is 5.32 Å². The van der Waals surface area contributed by atoms with Gasteiger partial charge in [0.15, 0.2) is 0 Å². The average Bonchev–Trinajstić information content (AvgIpc) is 2.17. The van der Waals surface area contributed by atoms with Gasteiger partial charge >= 0.3 is 0 Å². The molecule has 4 N–H and O–H groups in total. The molecular weight excluding hydrogens is 204 g/mol. The molecule has 1 saturated carbocycles. The first-order valence-electron chi connectivity index (χ1n) is 5.98. The first-order valence-corrected chi connectivity index (χ1v) is 5.98. The van der Waals surface area contributed by atoms with Gasteiger partial charge in [-0.2, -0.15) is 0 Å². The zero-order valence-electron chi connectivity index (χ0n) is 10.7. The number of carbonyl (C=O) groups excluding carboxylic acids is 1. The highest BCUT2D eigenvalue weighted by Gasteiger charge is 2.47. The standard InChI is InChI=1S/C12H24N2O2/c1-7(2)8(13)5-11(16)14-9-6-10(15)12(9,3)4/h7-10,15H,5-6,13H2,1-4H3,(H,14,16). The summed E-state index contributed by atoms with van der Waals surface area (Å²) in [6, 6.07) is -0.0116. The Hall–Kier alpha value is -0.610. The van der Waals surface area contributed by atoms with Gasteiger partial charge < -0.3 is 16.2 Å². The predicted molar refractivity (Wildman–Crippen MR) is 63.8 cm³/mol. The summed E-state index contributed by atoms with van der Waals surface area (Å²) in [6.07, 6.45) is 0.701. The zero-order valence-corrected chi connectivity index (χ0v) is 10.7. The minimum atomic E-state index is -0.309. The summed E-state index contributed by atoms with van der Waals surface area (Å²) in [5.41, 5.74) is 5.63. The number of aliphatic hydroxyl groups excluding tert-OH is 1. The van der Waals surface area contributed by atoms with Crippen molar-refractivity contribution in [3.8, 4) is 0 Å². The minimum absolute atomic E-state index is 0.00817. The van der Waals surface area contributed by atoms with Gasteiger partial charge in [0.2, 0.25) is 5.91 Å². The summed E-state index contributed by atoms with van der Waals surface area (Å²) in [7, 11) is 0. The number of amides is 1. The van der Waals surface area contributed by atoms with Crippen molar-refractivity contribution in [1.29, 1.82) is 0 Å². The quantitative estimate of drug-likeness (QED) is 0.661. The molecule has 0 radical (unpaired) electrons. The first-order chi connectivity index (χ1) is 7.25. The summed E-state index contributed by atoms with van der Waals surface area (Å²) >= 11 is 0. The van der Waals surface area contributed by atoms with Crippen molar-refractivity contribution >= 4 is 5.91 Å². The van der Waals surface area contributed by atoms with Gasteiger partial charge in [-0.05, 0) is 12.3 Å². The molecule has 4 heteroatoms. The summed E-state index contributed by atoms with van der Waals surface area (Å²) in [5.74, 6) is 0.303. The molecule has 3 unspecified atom stereocenters. The van der Waals surface area contributed by atoms with Gasteiger partial charge in [0.1, 0.15) is 0 Å². The molecular formula is C12H24N2O2. The molecule has 1 aliphatic carbocycles. The second kappa shape index (κ2) is 4.72. The Kier molecular flexibility index (Phi) is 3.97. The van der Waals surface area contributed by atoms with Crippen LogP contribution in [-0.4, -0.2) is 29.2 Å². The smallest absolute Gasteiger partial charge is 0.221 e. The Morgan fingerprint density at radius 1 is 1.56 bits per heavy atom. The maximum absolute atomic E-state index is 11.7. The summed E-state index contributed by atoms with van der Waals surface area (Å²) in [6.45, 7) is 7.95. The van der Waals surface area contributed by atoms with E-state index in [0.717, 1.165) is 0 Å². The number of hydrogen-bond acceptors (Lipinski definition) is 3. The van der Waals surface area contributed by atoms with Crippen LogP contribution in [0.15, 0.2) is 0 Å². The van der Waals surface area contributed by atoms with Crippen molar-refractivity contribution in [3.05, 3.63) is 0 Å². The number of nitrogens with two attached hydrogens (primary N) is 1. The molecule has 1 fully saturated rings. The Labute approximate surface area is 97.6 Å². The van der Waals surface area contributed by atoms with Crippen molar-refractivity contribution in [3.63, 3.8) is 0 Å². The van der Waals surface area contributed by atoms with Crippen LogP contribution in [0.25, 0.3) is 0 Å². The maximum atomic E-state index is 11.7. The molecule has 1 amide bonds. The molecule has 0 bridgehead atoms. The first kappa shape index (κ1) is 13.5. The predicted octanol–water partition coefficient (Wildman–Crippen LogP) is 0.635. The van der Waals surface area contributed by atoms with Gasteiger partial charge in [0.25, 0.3) is 0 Å². The van der Waals surface area contributed by atoms with Crippen LogP contribution in [0.2, 0.25) is 0 Å². The molecule has 1 aliphatic rings. The number of carbonyl (C=O) groups is 1. The molecule has 0 aromatic rings. The number of rotatable bonds is 4. The van der Waals surface area contributed by atoms with E-state index in [1.54, 1.807) is 0 Å². The largest absolute Gasteiger partial charge is 0.392 e. The van der Waals surface area contributed by atoms with Crippen molar-refractivity contribution in [2.24, 2.45) is 17.1 Å². The zero-order chi connectivity index (χ0) is 12.5. The fraction of sp³-hybridized carbons (Fsp3) is 0.917. The minimum Gasteiger partial charge on any atom is -0.392 e. The lowest BCUT2D eigenvalue weighted by Crippen LogP contribution is -2.61. The van der Waals surface area contributed by atoms with E-state index in [1.165, 1.54) is 0 Å². The fourth-order valence-corrected chi connectivity index (χ4v) is 1.85. The Morgan fingerprint density at radius 3 is 2.50 bits per heavy atom. The van der Waals surface area contributed by atoms with E-state index in [4.69, 9.17) is 5.73 Å². The molecule has 0 spiro atoms. The van der Waals surface area contributed by atoms with Gasteiger partial charge in [0.05, 0.1) is 6.10 Å². The van der Waals surface area contributed by atoms with E-state index in [0.29, 0.717) is 18.8 Å². The number of aliphatic hydroxyl groups is 1. The summed E-state index contributed by atoms with van der Waals surface area (Å²) in [5, 5.41) is 12.5. The van der Waals surface area contributed by atoms with E-state index in [1.807, 2.05) is 27.7 Å². The second-order valence-corrected chi connectivity index (χ2v) is 5.80. The van der Waals surface area contributed by atoms with Crippen LogP contribution in [0.5, 0.6) is 0 Å². The van der Waals surface area contributed by atoms with E-state index >= 15 is 0 Å². The molecule has 0 aliphatic heterocycles. The lowest BCUT2D eigenvalue weighted by atomic mass is 9.64. The van der Waals surface area contributed by atoms with Gasteiger partial charge in [-0.1, -0.05) is 27.7 Å². The topological polar surface area (TPSA) is 75.4 Å². The third kappa shape index (κ3) is 2.74. The molecule has 0 heterocycles. The van der Waals surface area contributed by atoms with Crippen molar-refractivity contribution in [2.45, 2.75) is 58.7 Å². The number of nitrogens with one attached hydrogen (secondary N) is 1. The fourth-order valence-electron chi connectivity index (χ4n) is 1.85. The van der Waals surface area contributed by atoms with Crippen molar-refractivity contribution < 1.29 is 9.90 Å². The summed E-state index contributed by atoms with van der Waals surface area (Å²) < 4.78 is 0. The third-order valence-corrected chi connectivity index (χ3v) is 3.83. The highest BCUT2D eigenvalue weighted by molar-refractivity contribution is 5.77. The normalized spacial score (nSPS) is 29.7.